The second-order valence-corrected chi connectivity index (χ2v) is 7.51. The molecule has 0 spiro atoms. The lowest BCUT2D eigenvalue weighted by molar-refractivity contribution is 0.685. The smallest absolute Gasteiger partial charge is 0.112 e. The van der Waals surface area contributed by atoms with Gasteiger partial charge in [-0.05, 0) is 18.1 Å². The second-order valence-electron chi connectivity index (χ2n) is 3.98. The average Bonchev–Trinajstić information content (AvgIpc) is 2.10. The normalized spacial score (nSPS) is 13.6. The van der Waals surface area contributed by atoms with E-state index in [2.05, 4.69) is 38.0 Å². The number of rotatable bonds is 8. The summed E-state index contributed by atoms with van der Waals surface area (Å²) >= 11 is 0. The Labute approximate surface area is 85.2 Å². The van der Waals surface area contributed by atoms with Crippen molar-refractivity contribution in [2.75, 3.05) is 13.2 Å². The summed E-state index contributed by atoms with van der Waals surface area (Å²) in [6.45, 7) is 11.2. The Morgan fingerprint density at radius 2 is 1.92 bits per heavy atom. The zero-order chi connectivity index (χ0) is 10.1. The molecule has 0 bridgehead atoms. The molecule has 0 aromatic carbocycles. The third-order valence-electron chi connectivity index (χ3n) is 2.41. The molecule has 0 heterocycles. The van der Waals surface area contributed by atoms with E-state index in [1.54, 1.807) is 0 Å². The van der Waals surface area contributed by atoms with Crippen molar-refractivity contribution < 1.29 is 0 Å². The molecule has 1 atom stereocenters. The van der Waals surface area contributed by atoms with Crippen molar-refractivity contribution in [3.05, 3.63) is 0 Å². The van der Waals surface area contributed by atoms with E-state index in [-0.39, 0.29) is 0 Å². The average molecular weight is 202 g/mol. The van der Waals surface area contributed by atoms with Crippen LogP contribution in [-0.4, -0.2) is 22.2 Å². The van der Waals surface area contributed by atoms with Crippen molar-refractivity contribution in [1.82, 2.24) is 10.3 Å². The predicted molar refractivity (Wildman–Crippen MR) is 63.6 cm³/mol. The van der Waals surface area contributed by atoms with Gasteiger partial charge in [-0.25, -0.2) is 0 Å². The summed E-state index contributed by atoms with van der Waals surface area (Å²) < 4.78 is 0. The van der Waals surface area contributed by atoms with Gasteiger partial charge in [0.2, 0.25) is 0 Å². The minimum atomic E-state index is -0.669. The molecule has 0 aromatic heterocycles. The zero-order valence-corrected chi connectivity index (χ0v) is 10.8. The van der Waals surface area contributed by atoms with Gasteiger partial charge in [-0.3, -0.25) is 0 Å². The fraction of sp³-hybridized carbons (Fsp3) is 1.00. The molecule has 1 unspecified atom stereocenters. The van der Waals surface area contributed by atoms with E-state index in [0.29, 0.717) is 0 Å². The lowest BCUT2D eigenvalue weighted by atomic mass is 10.4. The summed E-state index contributed by atoms with van der Waals surface area (Å²) in [5, 5.41) is 3.33. The van der Waals surface area contributed by atoms with Gasteiger partial charge in [0, 0.05) is 6.67 Å². The largest absolute Gasteiger partial charge is 0.328 e. The molecule has 0 fully saturated rings. The van der Waals surface area contributed by atoms with E-state index in [9.17, 15) is 0 Å². The molecule has 0 aliphatic heterocycles. The predicted octanol–water partition coefficient (Wildman–Crippen LogP) is 2.08. The number of hydrogen-bond donors (Lipinski definition) is 2. The molecule has 0 aromatic rings. The van der Waals surface area contributed by atoms with E-state index < -0.39 is 8.96 Å². The third-order valence-corrected chi connectivity index (χ3v) is 5.78. The Bertz CT molecular complexity index is 107. The lowest BCUT2D eigenvalue weighted by Crippen LogP contribution is -2.42. The Morgan fingerprint density at radius 1 is 1.23 bits per heavy atom. The van der Waals surface area contributed by atoms with Gasteiger partial charge >= 0.3 is 0 Å². The van der Waals surface area contributed by atoms with Crippen LogP contribution < -0.4 is 10.3 Å². The van der Waals surface area contributed by atoms with Crippen LogP contribution in [0.2, 0.25) is 11.6 Å². The van der Waals surface area contributed by atoms with E-state index in [4.69, 9.17) is 0 Å². The van der Waals surface area contributed by atoms with Crippen LogP contribution in [0.5, 0.6) is 0 Å². The van der Waals surface area contributed by atoms with E-state index in [0.717, 1.165) is 18.8 Å². The molecule has 0 aliphatic carbocycles. The van der Waals surface area contributed by atoms with E-state index >= 15 is 0 Å². The minimum Gasteiger partial charge on any atom is -0.328 e. The molecule has 0 saturated heterocycles. The van der Waals surface area contributed by atoms with Crippen molar-refractivity contribution in [2.24, 2.45) is 0 Å². The van der Waals surface area contributed by atoms with Gasteiger partial charge in [0.05, 0.1) is 0 Å². The summed E-state index contributed by atoms with van der Waals surface area (Å²) in [7, 11) is -0.669. The second kappa shape index (κ2) is 8.72. The SMILES string of the molecule is CCCC[SiH](NCNCC)C(C)C. The first kappa shape index (κ1) is 13.1. The molecule has 13 heavy (non-hydrogen) atoms. The maximum Gasteiger partial charge on any atom is 0.112 e. The van der Waals surface area contributed by atoms with E-state index in [1.807, 2.05) is 0 Å². The maximum absolute atomic E-state index is 3.68. The first-order valence-corrected chi connectivity index (χ1v) is 7.72. The van der Waals surface area contributed by atoms with E-state index in [1.165, 1.54) is 18.9 Å². The topological polar surface area (TPSA) is 24.1 Å². The van der Waals surface area contributed by atoms with Crippen LogP contribution in [0.15, 0.2) is 0 Å². The lowest BCUT2D eigenvalue weighted by Gasteiger charge is -2.20. The Balaban J connectivity index is 3.54. The molecular formula is C10H26N2Si. The van der Waals surface area contributed by atoms with Gasteiger partial charge < -0.3 is 10.3 Å². The molecule has 2 N–H and O–H groups in total. The molecule has 80 valence electrons. The van der Waals surface area contributed by atoms with Crippen LogP contribution in [0.4, 0.5) is 0 Å². The number of hydrogen-bond acceptors (Lipinski definition) is 2. The summed E-state index contributed by atoms with van der Waals surface area (Å²) in [6, 6.07) is 1.44. The summed E-state index contributed by atoms with van der Waals surface area (Å²) in [5.41, 5.74) is 0.880. The van der Waals surface area contributed by atoms with Gasteiger partial charge in [0.25, 0.3) is 0 Å². The van der Waals surface area contributed by atoms with Crippen LogP contribution in [0.3, 0.4) is 0 Å². The number of unbranched alkanes of at least 4 members (excludes halogenated alkanes) is 1. The third kappa shape index (κ3) is 7.23. The molecule has 0 saturated carbocycles. The monoisotopic (exact) mass is 202 g/mol. The molecule has 2 nitrogen and oxygen atoms in total. The van der Waals surface area contributed by atoms with Gasteiger partial charge in [0.15, 0.2) is 0 Å². The van der Waals surface area contributed by atoms with Crippen LogP contribution >= 0.6 is 0 Å². The van der Waals surface area contributed by atoms with Crippen molar-refractivity contribution in [2.45, 2.75) is 52.1 Å². The van der Waals surface area contributed by atoms with Crippen LogP contribution in [0.25, 0.3) is 0 Å². The van der Waals surface area contributed by atoms with Gasteiger partial charge in [-0.2, -0.15) is 0 Å². The highest BCUT2D eigenvalue weighted by Crippen LogP contribution is 2.11. The molecule has 0 aliphatic rings. The van der Waals surface area contributed by atoms with Crippen molar-refractivity contribution in [1.29, 1.82) is 0 Å². The minimum absolute atomic E-state index is 0.669. The van der Waals surface area contributed by atoms with Crippen LogP contribution in [0, 0.1) is 0 Å². The fourth-order valence-electron chi connectivity index (χ4n) is 1.42. The molecule has 0 rings (SSSR count). The first-order chi connectivity index (χ1) is 6.22. The van der Waals surface area contributed by atoms with Crippen molar-refractivity contribution >= 4 is 8.96 Å². The zero-order valence-electron chi connectivity index (χ0n) is 9.69. The van der Waals surface area contributed by atoms with Gasteiger partial charge in [-0.15, -0.1) is 0 Å². The summed E-state index contributed by atoms with van der Waals surface area (Å²) in [4.78, 5) is 3.68. The highest BCUT2D eigenvalue weighted by molar-refractivity contribution is 6.57. The van der Waals surface area contributed by atoms with Crippen molar-refractivity contribution in [3.63, 3.8) is 0 Å². The molecule has 0 radical (unpaired) electrons. The highest BCUT2D eigenvalue weighted by atomic mass is 28.3. The fourth-order valence-corrected chi connectivity index (χ4v) is 4.02. The van der Waals surface area contributed by atoms with Gasteiger partial charge in [0.1, 0.15) is 8.96 Å². The number of nitrogens with one attached hydrogen (secondary N) is 2. The molecular weight excluding hydrogens is 176 g/mol. The highest BCUT2D eigenvalue weighted by Gasteiger charge is 2.13. The molecule has 0 amide bonds. The van der Waals surface area contributed by atoms with Gasteiger partial charge in [-0.1, -0.05) is 40.5 Å². The Hall–Kier alpha value is 0.137. The van der Waals surface area contributed by atoms with Crippen LogP contribution in [-0.2, 0) is 0 Å². The summed E-state index contributed by atoms with van der Waals surface area (Å²) in [5.74, 6) is 0. The quantitative estimate of drug-likeness (QED) is 0.358. The Morgan fingerprint density at radius 3 is 2.38 bits per heavy atom. The van der Waals surface area contributed by atoms with Crippen LogP contribution in [0.1, 0.15) is 40.5 Å². The molecule has 3 heteroatoms. The van der Waals surface area contributed by atoms with Crippen molar-refractivity contribution in [3.8, 4) is 0 Å². The summed E-state index contributed by atoms with van der Waals surface area (Å²) in [6.07, 6.45) is 2.73. The Kier molecular flexibility index (Phi) is 8.81. The maximum atomic E-state index is 3.68. The standard InChI is InChI=1S/C10H26N2Si/c1-5-7-8-13(10(3)4)12-9-11-6-2/h10-13H,5-9H2,1-4H3. The first-order valence-electron chi connectivity index (χ1n) is 5.66.